The van der Waals surface area contributed by atoms with Gasteiger partial charge in [0.05, 0.1) is 16.9 Å². The Morgan fingerprint density at radius 3 is 2.33 bits per heavy atom. The van der Waals surface area contributed by atoms with Crippen molar-refractivity contribution in [2.75, 3.05) is 10.6 Å². The van der Waals surface area contributed by atoms with Crippen LogP contribution in [0.15, 0.2) is 96.3 Å². The highest BCUT2D eigenvalue weighted by Crippen LogP contribution is 2.35. The van der Waals surface area contributed by atoms with Crippen molar-refractivity contribution in [2.45, 2.75) is 6.18 Å². The van der Waals surface area contributed by atoms with E-state index in [-0.39, 0.29) is 33.3 Å². The van der Waals surface area contributed by atoms with Crippen LogP contribution >= 0.6 is 0 Å². The predicted molar refractivity (Wildman–Crippen MR) is 160 cm³/mol. The minimum Gasteiger partial charge on any atom is -0.322 e. The average Bonchev–Trinajstić information content (AvgIpc) is 3.59. The monoisotopic (exact) mass is 612 g/mol. The first-order valence-electron chi connectivity index (χ1n) is 13.4. The van der Waals surface area contributed by atoms with Crippen LogP contribution in [-0.2, 0) is 20.3 Å². The molecule has 2 amide bonds. The molecule has 0 saturated heterocycles. The summed E-state index contributed by atoms with van der Waals surface area (Å²) in [5.41, 5.74) is 0.327. The molecular weight excluding hydrogens is 589 g/mol. The molecule has 0 aliphatic rings. The Labute approximate surface area is 252 Å². The molecule has 0 saturated carbocycles. The molecule has 6 aromatic rings. The van der Waals surface area contributed by atoms with Crippen LogP contribution in [0.3, 0.4) is 0 Å². The summed E-state index contributed by atoms with van der Waals surface area (Å²) < 4.78 is 45.9. The Balaban J connectivity index is 1.31. The second-order valence-electron chi connectivity index (χ2n) is 10.1. The number of alkyl halides is 3. The molecule has 3 aromatic heterocycles. The highest BCUT2D eigenvalue weighted by molar-refractivity contribution is 6.14. The van der Waals surface area contributed by atoms with Gasteiger partial charge in [0.15, 0.2) is 5.82 Å². The third kappa shape index (κ3) is 5.93. The van der Waals surface area contributed by atoms with Crippen LogP contribution in [0.25, 0.3) is 27.7 Å². The van der Waals surface area contributed by atoms with E-state index in [1.807, 2.05) is 0 Å². The summed E-state index contributed by atoms with van der Waals surface area (Å²) in [4.78, 5) is 42.7. The molecule has 0 bridgehead atoms. The van der Waals surface area contributed by atoms with Crippen LogP contribution < -0.4 is 16.3 Å². The van der Waals surface area contributed by atoms with E-state index in [9.17, 15) is 27.6 Å². The van der Waals surface area contributed by atoms with Crippen molar-refractivity contribution in [3.05, 3.63) is 119 Å². The maximum Gasteiger partial charge on any atom is 0.416 e. The zero-order valence-electron chi connectivity index (χ0n) is 23.7. The van der Waals surface area contributed by atoms with Crippen molar-refractivity contribution in [1.29, 1.82) is 0 Å². The Hall–Kier alpha value is -6.05. The van der Waals surface area contributed by atoms with Crippen molar-refractivity contribution in [2.24, 2.45) is 14.1 Å². The number of aryl methyl sites for hydroxylation is 2. The van der Waals surface area contributed by atoms with Crippen molar-refractivity contribution < 1.29 is 22.8 Å². The molecule has 0 aliphatic carbocycles. The van der Waals surface area contributed by atoms with Gasteiger partial charge in [-0.15, -0.1) is 0 Å². The number of anilines is 2. The molecule has 226 valence electrons. The van der Waals surface area contributed by atoms with Gasteiger partial charge in [0.2, 0.25) is 0 Å². The molecule has 3 heterocycles. The standard InChI is InChI=1S/C31H23F3N8O3/c1-40-11-10-27(39-40)38-28(43)19-4-3-5-22(13-19)37-29(44)24-15-21(31(32,33)34)12-20-14-26(35-16-25(20)24)18-6-8-23(9-7-18)42-17-36-41(2)30(42)45/h3-17H,1-2H3,(H,37,44)(H,38,39,43). The second kappa shape index (κ2) is 11.2. The third-order valence-corrected chi connectivity index (χ3v) is 7.01. The molecule has 0 radical (unpaired) electrons. The molecule has 0 fully saturated rings. The number of hydrogen-bond acceptors (Lipinski definition) is 6. The molecule has 0 spiro atoms. The summed E-state index contributed by atoms with van der Waals surface area (Å²) in [5, 5.41) is 13.6. The summed E-state index contributed by atoms with van der Waals surface area (Å²) in [6.07, 6.45) is -0.346. The first-order valence-corrected chi connectivity index (χ1v) is 13.4. The van der Waals surface area contributed by atoms with E-state index < -0.39 is 23.6 Å². The quantitative estimate of drug-likeness (QED) is 0.271. The van der Waals surface area contributed by atoms with Gasteiger partial charge in [-0.25, -0.2) is 14.0 Å². The average molecular weight is 613 g/mol. The van der Waals surface area contributed by atoms with Crippen LogP contribution in [-0.4, -0.2) is 40.9 Å². The molecule has 2 N–H and O–H groups in total. The van der Waals surface area contributed by atoms with Gasteiger partial charge in [0.1, 0.15) is 6.33 Å². The number of carbonyl (C=O) groups excluding carboxylic acids is 2. The van der Waals surface area contributed by atoms with E-state index in [0.29, 0.717) is 22.8 Å². The van der Waals surface area contributed by atoms with E-state index in [1.165, 1.54) is 63.8 Å². The zero-order chi connectivity index (χ0) is 31.9. The molecule has 0 atom stereocenters. The highest BCUT2D eigenvalue weighted by atomic mass is 19.4. The topological polar surface area (TPSA) is 129 Å². The second-order valence-corrected chi connectivity index (χ2v) is 10.1. The smallest absolute Gasteiger partial charge is 0.322 e. The Kier molecular flexibility index (Phi) is 7.24. The number of hydrogen-bond donors (Lipinski definition) is 2. The van der Waals surface area contributed by atoms with Crippen molar-refractivity contribution in [1.82, 2.24) is 29.1 Å². The number of nitrogens with zero attached hydrogens (tertiary/aromatic N) is 6. The van der Waals surface area contributed by atoms with Crippen LogP contribution in [0.1, 0.15) is 26.3 Å². The summed E-state index contributed by atoms with van der Waals surface area (Å²) in [7, 11) is 3.22. The third-order valence-electron chi connectivity index (χ3n) is 7.01. The fourth-order valence-corrected chi connectivity index (χ4v) is 4.73. The van der Waals surface area contributed by atoms with Gasteiger partial charge in [-0.2, -0.15) is 23.4 Å². The van der Waals surface area contributed by atoms with E-state index in [2.05, 4.69) is 25.8 Å². The first kappa shape index (κ1) is 29.0. The maximum absolute atomic E-state index is 13.9. The highest BCUT2D eigenvalue weighted by Gasteiger charge is 2.32. The van der Waals surface area contributed by atoms with Crippen LogP contribution in [0.2, 0.25) is 0 Å². The largest absolute Gasteiger partial charge is 0.416 e. The number of pyridine rings is 1. The predicted octanol–water partition coefficient (Wildman–Crippen LogP) is 5.04. The van der Waals surface area contributed by atoms with E-state index in [4.69, 9.17) is 0 Å². The van der Waals surface area contributed by atoms with Crippen LogP contribution in [0.5, 0.6) is 0 Å². The lowest BCUT2D eigenvalue weighted by molar-refractivity contribution is -0.137. The van der Waals surface area contributed by atoms with Gasteiger partial charge in [-0.05, 0) is 53.9 Å². The molecule has 3 aromatic carbocycles. The summed E-state index contributed by atoms with van der Waals surface area (Å²) in [5.74, 6) is -0.958. The number of carbonyl (C=O) groups is 2. The van der Waals surface area contributed by atoms with Gasteiger partial charge in [0.25, 0.3) is 11.8 Å². The zero-order valence-corrected chi connectivity index (χ0v) is 23.7. The Morgan fingerprint density at radius 1 is 0.889 bits per heavy atom. The maximum atomic E-state index is 13.9. The van der Waals surface area contributed by atoms with Gasteiger partial charge < -0.3 is 10.6 Å². The van der Waals surface area contributed by atoms with Crippen molar-refractivity contribution in [3.63, 3.8) is 0 Å². The number of nitrogens with one attached hydrogen (secondary N) is 2. The number of aromatic nitrogens is 6. The fourth-order valence-electron chi connectivity index (χ4n) is 4.73. The molecule has 45 heavy (non-hydrogen) atoms. The molecule has 6 rings (SSSR count). The molecule has 14 heteroatoms. The van der Waals surface area contributed by atoms with Crippen LogP contribution in [0, 0.1) is 0 Å². The molecular formula is C31H23F3N8O3. The Morgan fingerprint density at radius 2 is 1.67 bits per heavy atom. The van der Waals surface area contributed by atoms with Gasteiger partial charge in [0, 0.05) is 60.3 Å². The van der Waals surface area contributed by atoms with Gasteiger partial charge in [-0.3, -0.25) is 19.3 Å². The normalized spacial score (nSPS) is 11.5. The number of rotatable bonds is 6. The van der Waals surface area contributed by atoms with Crippen molar-refractivity contribution in [3.8, 4) is 16.9 Å². The Bertz CT molecular complexity index is 2150. The van der Waals surface area contributed by atoms with E-state index in [1.54, 1.807) is 43.6 Å². The number of benzene rings is 3. The first-order chi connectivity index (χ1) is 21.5. The molecule has 11 nitrogen and oxygen atoms in total. The minimum atomic E-state index is -4.73. The minimum absolute atomic E-state index is 0.149. The lowest BCUT2D eigenvalue weighted by atomic mass is 9.99. The van der Waals surface area contributed by atoms with E-state index in [0.717, 1.165) is 12.1 Å². The summed E-state index contributed by atoms with van der Waals surface area (Å²) >= 11 is 0. The van der Waals surface area contributed by atoms with Gasteiger partial charge in [-0.1, -0.05) is 18.2 Å². The SMILES string of the molecule is Cn1ccc(NC(=O)c2cccc(NC(=O)c3cc(C(F)(F)F)cc4cc(-c5ccc(-n6cnn(C)c6=O)cc5)ncc34)c2)n1. The van der Waals surface area contributed by atoms with E-state index >= 15 is 0 Å². The van der Waals surface area contributed by atoms with Gasteiger partial charge >= 0.3 is 11.9 Å². The number of amides is 2. The lowest BCUT2D eigenvalue weighted by Crippen LogP contribution is -2.21. The fraction of sp³-hybridized carbons (Fsp3) is 0.0968. The lowest BCUT2D eigenvalue weighted by Gasteiger charge is -2.14. The number of halogens is 3. The molecule has 0 aliphatic heterocycles. The van der Waals surface area contributed by atoms with Crippen molar-refractivity contribution >= 4 is 34.1 Å². The summed E-state index contributed by atoms with van der Waals surface area (Å²) in [6, 6.07) is 17.5. The molecule has 0 unspecified atom stereocenters. The summed E-state index contributed by atoms with van der Waals surface area (Å²) in [6.45, 7) is 0. The van der Waals surface area contributed by atoms with Crippen LogP contribution in [0.4, 0.5) is 24.7 Å². The number of fused-ring (bicyclic) bond motifs is 1.